The van der Waals surface area contributed by atoms with E-state index >= 15 is 0 Å². The smallest absolute Gasteiger partial charge is 0.349 e. The maximum absolute atomic E-state index is 13.2. The lowest BCUT2D eigenvalue weighted by Gasteiger charge is -2.24. The summed E-state index contributed by atoms with van der Waals surface area (Å²) in [6.07, 6.45) is -4.69. The third-order valence-corrected chi connectivity index (χ3v) is 6.48. The quantitative estimate of drug-likeness (QED) is 0.196. The molecule has 230 valence electrons. The molecule has 0 saturated carbocycles. The van der Waals surface area contributed by atoms with Crippen LogP contribution in [0.2, 0.25) is 10.0 Å². The molecule has 0 unspecified atom stereocenters. The number of amides is 3. The first-order valence-corrected chi connectivity index (χ1v) is 13.6. The van der Waals surface area contributed by atoms with Gasteiger partial charge in [-0.1, -0.05) is 68.2 Å². The van der Waals surface area contributed by atoms with E-state index in [0.29, 0.717) is 5.69 Å². The maximum Gasteiger partial charge on any atom is 0.349 e. The maximum atomic E-state index is 13.2. The molecule has 3 aromatic rings. The Morgan fingerprint density at radius 1 is 0.705 bits per heavy atom. The van der Waals surface area contributed by atoms with Crippen molar-refractivity contribution < 1.29 is 43.3 Å². The first kappa shape index (κ1) is 33.6. The lowest BCUT2D eigenvalue weighted by atomic mass is 9.95. The Balaban J connectivity index is 1.81. The van der Waals surface area contributed by atoms with Crippen LogP contribution in [0.5, 0.6) is 0 Å². The van der Waals surface area contributed by atoms with Gasteiger partial charge in [0, 0.05) is 16.7 Å². The van der Waals surface area contributed by atoms with E-state index in [-0.39, 0.29) is 32.6 Å². The van der Waals surface area contributed by atoms with Gasteiger partial charge in [0.1, 0.15) is 0 Å². The van der Waals surface area contributed by atoms with E-state index in [0.717, 1.165) is 0 Å². The SMILES string of the molecule is CC(C)(C)C(=O)Nc1ccc(C(=O)NNC(=O)[C@H](OC(=O)c2ccccc2Cl)[C@H](OC(=O)c2ccccc2Cl)C(=O)O)cc1. The summed E-state index contributed by atoms with van der Waals surface area (Å²) >= 11 is 12.0. The van der Waals surface area contributed by atoms with Gasteiger partial charge in [0.25, 0.3) is 11.8 Å². The molecule has 0 radical (unpaired) electrons. The fraction of sp³-hybridized carbons (Fsp3) is 0.200. The van der Waals surface area contributed by atoms with Crippen LogP contribution in [0.15, 0.2) is 72.8 Å². The van der Waals surface area contributed by atoms with Gasteiger partial charge in [-0.3, -0.25) is 25.2 Å². The van der Waals surface area contributed by atoms with E-state index < -0.39 is 47.3 Å². The number of benzene rings is 3. The van der Waals surface area contributed by atoms with Gasteiger partial charge in [-0.25, -0.2) is 14.4 Å². The van der Waals surface area contributed by atoms with Gasteiger partial charge in [-0.2, -0.15) is 0 Å². The highest BCUT2D eigenvalue weighted by Crippen LogP contribution is 2.21. The molecule has 0 aromatic heterocycles. The number of nitrogens with one attached hydrogen (secondary N) is 3. The first-order valence-electron chi connectivity index (χ1n) is 12.8. The summed E-state index contributed by atoms with van der Waals surface area (Å²) in [5, 5.41) is 12.4. The van der Waals surface area contributed by atoms with Crippen molar-refractivity contribution >= 4 is 64.5 Å². The Morgan fingerprint density at radius 3 is 1.64 bits per heavy atom. The second kappa shape index (κ2) is 14.5. The van der Waals surface area contributed by atoms with E-state index in [1.807, 2.05) is 5.43 Å². The second-order valence-corrected chi connectivity index (χ2v) is 11.0. The van der Waals surface area contributed by atoms with Crippen LogP contribution in [0.3, 0.4) is 0 Å². The fourth-order valence-electron chi connectivity index (χ4n) is 3.39. The predicted octanol–water partition coefficient (Wildman–Crippen LogP) is 4.27. The molecule has 3 amide bonds. The normalized spacial score (nSPS) is 12.2. The minimum absolute atomic E-state index is 0.0450. The van der Waals surface area contributed by atoms with Gasteiger partial charge < -0.3 is 19.9 Å². The van der Waals surface area contributed by atoms with Crippen molar-refractivity contribution in [2.45, 2.75) is 33.0 Å². The Morgan fingerprint density at radius 2 is 1.18 bits per heavy atom. The van der Waals surface area contributed by atoms with Gasteiger partial charge in [0.15, 0.2) is 0 Å². The van der Waals surface area contributed by atoms with E-state index in [9.17, 15) is 33.9 Å². The highest BCUT2D eigenvalue weighted by Gasteiger charge is 2.41. The molecule has 3 aromatic carbocycles. The number of ether oxygens (including phenoxy) is 2. The van der Waals surface area contributed by atoms with Crippen LogP contribution in [-0.4, -0.2) is 52.9 Å². The summed E-state index contributed by atoms with van der Waals surface area (Å²) in [4.78, 5) is 75.9. The van der Waals surface area contributed by atoms with Crippen molar-refractivity contribution in [1.82, 2.24) is 10.9 Å². The summed E-state index contributed by atoms with van der Waals surface area (Å²) in [5.74, 6) is -6.73. The number of halogens is 2. The Bertz CT molecular complexity index is 1590. The minimum atomic E-state index is -2.38. The standard InChI is InChI=1S/C30H27Cl2N3O9/c1-30(2,3)29(42)33-17-14-12-16(13-15-17)24(36)34-35-25(37)22(43-27(40)18-8-4-6-10-20(18)31)23(26(38)39)44-28(41)19-9-5-7-11-21(19)32/h4-15,22-23H,1-3H3,(H,33,42)(H,34,36)(H,35,37)(H,38,39)/t22-,23+/m1/s1. The zero-order valence-corrected chi connectivity index (χ0v) is 25.1. The number of hydrogen-bond acceptors (Lipinski definition) is 8. The Labute approximate surface area is 261 Å². The van der Waals surface area contributed by atoms with Crippen LogP contribution in [0.25, 0.3) is 0 Å². The van der Waals surface area contributed by atoms with Crippen LogP contribution in [-0.2, 0) is 23.9 Å². The first-order chi connectivity index (χ1) is 20.7. The highest BCUT2D eigenvalue weighted by molar-refractivity contribution is 6.34. The largest absolute Gasteiger partial charge is 0.478 e. The van der Waals surface area contributed by atoms with Gasteiger partial charge in [-0.15, -0.1) is 0 Å². The van der Waals surface area contributed by atoms with Crippen LogP contribution < -0.4 is 16.2 Å². The van der Waals surface area contributed by atoms with E-state index in [1.165, 1.54) is 72.8 Å². The minimum Gasteiger partial charge on any atom is -0.478 e. The number of hydrogen-bond donors (Lipinski definition) is 4. The summed E-state index contributed by atoms with van der Waals surface area (Å²) in [5.41, 5.74) is 3.44. The Hall–Kier alpha value is -4.94. The molecular formula is C30H27Cl2N3O9. The molecule has 0 spiro atoms. The molecule has 0 heterocycles. The third-order valence-electron chi connectivity index (χ3n) is 5.82. The molecular weight excluding hydrogens is 617 g/mol. The molecule has 14 heteroatoms. The molecule has 0 bridgehead atoms. The van der Waals surface area contributed by atoms with Crippen LogP contribution in [0.1, 0.15) is 51.8 Å². The molecule has 0 fully saturated rings. The van der Waals surface area contributed by atoms with Crippen molar-refractivity contribution in [3.8, 4) is 0 Å². The van der Waals surface area contributed by atoms with Gasteiger partial charge in [0.2, 0.25) is 18.1 Å². The molecule has 0 aliphatic carbocycles. The van der Waals surface area contributed by atoms with Crippen molar-refractivity contribution in [2.75, 3.05) is 5.32 Å². The number of carbonyl (C=O) groups excluding carboxylic acids is 5. The summed E-state index contributed by atoms with van der Waals surface area (Å²) < 4.78 is 10.2. The number of carbonyl (C=O) groups is 6. The Kier molecular flexibility index (Phi) is 11.1. The molecule has 12 nitrogen and oxygen atoms in total. The number of carboxylic acid groups (broad SMARTS) is 1. The van der Waals surface area contributed by atoms with E-state index in [1.54, 1.807) is 20.8 Å². The third kappa shape index (κ3) is 8.79. The lowest BCUT2D eigenvalue weighted by molar-refractivity contribution is -0.159. The summed E-state index contributed by atoms with van der Waals surface area (Å²) in [6.45, 7) is 5.20. The van der Waals surface area contributed by atoms with Gasteiger partial charge >= 0.3 is 17.9 Å². The van der Waals surface area contributed by atoms with Crippen LogP contribution >= 0.6 is 23.2 Å². The van der Waals surface area contributed by atoms with Crippen molar-refractivity contribution in [3.63, 3.8) is 0 Å². The van der Waals surface area contributed by atoms with Crippen LogP contribution in [0.4, 0.5) is 5.69 Å². The highest BCUT2D eigenvalue weighted by atomic mass is 35.5. The molecule has 0 saturated heterocycles. The van der Waals surface area contributed by atoms with E-state index in [4.69, 9.17) is 32.7 Å². The van der Waals surface area contributed by atoms with Crippen molar-refractivity contribution in [2.24, 2.45) is 5.41 Å². The average Bonchev–Trinajstić information content (AvgIpc) is 2.97. The predicted molar refractivity (Wildman–Crippen MR) is 159 cm³/mol. The topological polar surface area (TPSA) is 177 Å². The zero-order chi connectivity index (χ0) is 32.6. The summed E-state index contributed by atoms with van der Waals surface area (Å²) in [6, 6.07) is 16.8. The number of anilines is 1. The lowest BCUT2D eigenvalue weighted by Crippen LogP contribution is -2.54. The second-order valence-electron chi connectivity index (χ2n) is 10.2. The van der Waals surface area contributed by atoms with Crippen molar-refractivity contribution in [3.05, 3.63) is 99.5 Å². The number of carboxylic acids is 1. The average molecular weight is 644 g/mol. The number of aliphatic carboxylic acids is 1. The van der Waals surface area contributed by atoms with Gasteiger partial charge in [0.05, 0.1) is 21.2 Å². The molecule has 44 heavy (non-hydrogen) atoms. The fourth-order valence-corrected chi connectivity index (χ4v) is 3.82. The molecule has 2 atom stereocenters. The van der Waals surface area contributed by atoms with Crippen LogP contribution in [0, 0.1) is 5.41 Å². The van der Waals surface area contributed by atoms with Crippen molar-refractivity contribution in [1.29, 1.82) is 0 Å². The number of esters is 2. The molecule has 4 N–H and O–H groups in total. The summed E-state index contributed by atoms with van der Waals surface area (Å²) in [7, 11) is 0. The number of rotatable bonds is 9. The molecule has 0 aliphatic heterocycles. The van der Waals surface area contributed by atoms with E-state index in [2.05, 4.69) is 10.7 Å². The molecule has 3 rings (SSSR count). The monoisotopic (exact) mass is 643 g/mol. The molecule has 0 aliphatic rings. The number of hydrazine groups is 1. The zero-order valence-electron chi connectivity index (χ0n) is 23.6. The van der Waals surface area contributed by atoms with Gasteiger partial charge in [-0.05, 0) is 48.5 Å².